The molecule has 0 aliphatic rings. The lowest BCUT2D eigenvalue weighted by Crippen LogP contribution is -2.08. The van der Waals surface area contributed by atoms with Gasteiger partial charge in [0, 0.05) is 18.6 Å². The van der Waals surface area contributed by atoms with E-state index in [-0.39, 0.29) is 25.1 Å². The van der Waals surface area contributed by atoms with Crippen LogP contribution in [0.3, 0.4) is 0 Å². The molecule has 18 heavy (non-hydrogen) atoms. The highest BCUT2D eigenvalue weighted by molar-refractivity contribution is 7.07. The lowest BCUT2D eigenvalue weighted by Gasteiger charge is -2.08. The van der Waals surface area contributed by atoms with Crippen LogP contribution in [0, 0.1) is 0 Å². The fraction of sp³-hybridized carbons (Fsp3) is 0.100. The van der Waals surface area contributed by atoms with Gasteiger partial charge < -0.3 is 4.57 Å². The quantitative estimate of drug-likeness (QED) is 0.465. The van der Waals surface area contributed by atoms with Crippen molar-refractivity contribution in [2.75, 3.05) is 0 Å². The Morgan fingerprint density at radius 2 is 1.44 bits per heavy atom. The molecule has 0 atom stereocenters. The maximum Gasteiger partial charge on any atom is 0.189 e. The molecule has 2 aromatic rings. The second-order valence-electron chi connectivity index (χ2n) is 3.33. The Labute approximate surface area is 132 Å². The molecule has 0 saturated carbocycles. The Morgan fingerprint density at radius 1 is 0.944 bits per heavy atom. The summed E-state index contributed by atoms with van der Waals surface area (Å²) in [6.45, 7) is 0. The summed E-state index contributed by atoms with van der Waals surface area (Å²) in [5.41, 5.74) is 0.316. The average Bonchev–Trinajstić information content (AvgIpc) is 2.75. The standard InChI is InChI=1S/C10H5Cl5N2S/c1-17-2-3-18-10(17)16-9-7(14)5(12)4(11)6(13)8(9)15/h2-3H,1H3. The number of rotatable bonds is 1. The molecule has 0 amide bonds. The Morgan fingerprint density at radius 3 is 1.89 bits per heavy atom. The summed E-state index contributed by atoms with van der Waals surface area (Å²) < 4.78 is 1.83. The van der Waals surface area contributed by atoms with Gasteiger partial charge in [-0.15, -0.1) is 11.3 Å². The molecule has 0 fully saturated rings. The Balaban J connectivity index is 2.78. The van der Waals surface area contributed by atoms with Gasteiger partial charge in [-0.2, -0.15) is 0 Å². The molecular formula is C10H5Cl5N2S. The molecule has 0 radical (unpaired) electrons. The van der Waals surface area contributed by atoms with Gasteiger partial charge in [0.05, 0.1) is 25.1 Å². The SMILES string of the molecule is Cn1ccsc1=Nc1c(Cl)c(Cl)c(Cl)c(Cl)c1Cl. The third kappa shape index (κ3) is 2.53. The van der Waals surface area contributed by atoms with Gasteiger partial charge >= 0.3 is 0 Å². The molecule has 2 nitrogen and oxygen atoms in total. The molecule has 0 N–H and O–H groups in total. The van der Waals surface area contributed by atoms with Gasteiger partial charge in [0.15, 0.2) is 4.80 Å². The summed E-state index contributed by atoms with van der Waals surface area (Å²) in [5.74, 6) is 0. The van der Waals surface area contributed by atoms with Crippen molar-refractivity contribution in [2.45, 2.75) is 0 Å². The zero-order chi connectivity index (χ0) is 13.4. The van der Waals surface area contributed by atoms with E-state index >= 15 is 0 Å². The highest BCUT2D eigenvalue weighted by Gasteiger charge is 2.18. The molecular weight excluding hydrogens is 357 g/mol. The van der Waals surface area contributed by atoms with Crippen LogP contribution in [0.5, 0.6) is 0 Å². The summed E-state index contributed by atoms with van der Waals surface area (Å²) in [6, 6.07) is 0. The zero-order valence-corrected chi connectivity index (χ0v) is 13.4. The summed E-state index contributed by atoms with van der Waals surface area (Å²) >= 11 is 31.4. The van der Waals surface area contributed by atoms with E-state index in [0.29, 0.717) is 10.5 Å². The largest absolute Gasteiger partial charge is 0.327 e. The monoisotopic (exact) mass is 360 g/mol. The smallest absolute Gasteiger partial charge is 0.189 e. The van der Waals surface area contributed by atoms with Crippen LogP contribution in [0.1, 0.15) is 0 Å². The molecule has 1 heterocycles. The van der Waals surface area contributed by atoms with Gasteiger partial charge in [-0.05, 0) is 0 Å². The molecule has 1 aromatic carbocycles. The molecule has 2 rings (SSSR count). The van der Waals surface area contributed by atoms with Crippen LogP contribution < -0.4 is 4.80 Å². The highest BCUT2D eigenvalue weighted by atomic mass is 35.5. The number of thiazole rings is 1. The lowest BCUT2D eigenvalue weighted by molar-refractivity contribution is 0.874. The van der Waals surface area contributed by atoms with Gasteiger partial charge in [-0.1, -0.05) is 58.0 Å². The predicted molar refractivity (Wildman–Crippen MR) is 80.0 cm³/mol. The average molecular weight is 362 g/mol. The van der Waals surface area contributed by atoms with Gasteiger partial charge in [-0.25, -0.2) is 4.99 Å². The molecule has 1 aromatic heterocycles. The molecule has 0 saturated heterocycles. The first-order valence-electron chi connectivity index (χ1n) is 4.59. The van der Waals surface area contributed by atoms with Crippen LogP contribution >= 0.6 is 69.3 Å². The van der Waals surface area contributed by atoms with Crippen LogP contribution in [-0.4, -0.2) is 4.57 Å². The van der Waals surface area contributed by atoms with Crippen molar-refractivity contribution in [3.05, 3.63) is 41.5 Å². The zero-order valence-electron chi connectivity index (χ0n) is 8.85. The second kappa shape index (κ2) is 5.61. The highest BCUT2D eigenvalue weighted by Crippen LogP contribution is 2.47. The van der Waals surface area contributed by atoms with E-state index in [1.807, 2.05) is 23.2 Å². The number of nitrogens with zero attached hydrogens (tertiary/aromatic N) is 2. The topological polar surface area (TPSA) is 17.3 Å². The Kier molecular flexibility index (Phi) is 4.52. The van der Waals surface area contributed by atoms with E-state index in [9.17, 15) is 0 Å². The Hall–Kier alpha value is 0.1000. The number of benzene rings is 1. The van der Waals surface area contributed by atoms with Gasteiger partial charge in [0.2, 0.25) is 0 Å². The van der Waals surface area contributed by atoms with E-state index in [1.165, 1.54) is 11.3 Å². The summed E-state index contributed by atoms with van der Waals surface area (Å²) in [6.07, 6.45) is 1.87. The maximum atomic E-state index is 6.09. The van der Waals surface area contributed by atoms with Crippen LogP contribution in [0.2, 0.25) is 25.1 Å². The minimum atomic E-state index is 0.128. The van der Waals surface area contributed by atoms with Crippen molar-refractivity contribution in [3.8, 4) is 0 Å². The minimum absolute atomic E-state index is 0.128. The first-order chi connectivity index (χ1) is 8.43. The van der Waals surface area contributed by atoms with Gasteiger partial charge in [0.1, 0.15) is 5.69 Å². The minimum Gasteiger partial charge on any atom is -0.327 e. The van der Waals surface area contributed by atoms with Crippen molar-refractivity contribution in [1.82, 2.24) is 4.57 Å². The van der Waals surface area contributed by atoms with E-state index in [4.69, 9.17) is 58.0 Å². The third-order valence-corrected chi connectivity index (χ3v) is 5.26. The Bertz CT molecular complexity index is 644. The van der Waals surface area contributed by atoms with E-state index in [2.05, 4.69) is 4.99 Å². The molecule has 0 bridgehead atoms. The molecule has 8 heteroatoms. The van der Waals surface area contributed by atoms with Crippen LogP contribution in [0.25, 0.3) is 0 Å². The molecule has 0 aliphatic carbocycles. The summed E-state index contributed by atoms with van der Waals surface area (Å²) in [4.78, 5) is 5.07. The summed E-state index contributed by atoms with van der Waals surface area (Å²) in [7, 11) is 1.86. The van der Waals surface area contributed by atoms with E-state index in [0.717, 1.165) is 0 Å². The maximum absolute atomic E-state index is 6.09. The number of hydrogen-bond donors (Lipinski definition) is 0. The van der Waals surface area contributed by atoms with Crippen LogP contribution in [0.4, 0.5) is 5.69 Å². The van der Waals surface area contributed by atoms with Crippen molar-refractivity contribution in [1.29, 1.82) is 0 Å². The molecule has 96 valence electrons. The first-order valence-corrected chi connectivity index (χ1v) is 7.36. The fourth-order valence-electron chi connectivity index (χ4n) is 1.22. The van der Waals surface area contributed by atoms with Crippen molar-refractivity contribution >= 4 is 75.0 Å². The van der Waals surface area contributed by atoms with Crippen LogP contribution in [0.15, 0.2) is 16.6 Å². The molecule has 0 unspecified atom stereocenters. The predicted octanol–water partition coefficient (Wildman–Crippen LogP) is 5.59. The molecule has 0 spiro atoms. The van der Waals surface area contributed by atoms with Crippen molar-refractivity contribution < 1.29 is 0 Å². The number of aryl methyl sites for hydroxylation is 1. The van der Waals surface area contributed by atoms with Gasteiger partial charge in [0.25, 0.3) is 0 Å². The fourth-order valence-corrected chi connectivity index (χ4v) is 3.17. The third-order valence-electron chi connectivity index (χ3n) is 2.15. The van der Waals surface area contributed by atoms with Crippen molar-refractivity contribution in [3.63, 3.8) is 0 Å². The normalized spacial score (nSPS) is 12.2. The lowest BCUT2D eigenvalue weighted by atomic mass is 10.3. The molecule has 0 aliphatic heterocycles. The first kappa shape index (κ1) is 14.5. The van der Waals surface area contributed by atoms with E-state index in [1.54, 1.807) is 0 Å². The second-order valence-corrected chi connectivity index (χ2v) is 6.09. The van der Waals surface area contributed by atoms with E-state index < -0.39 is 0 Å². The van der Waals surface area contributed by atoms with Crippen molar-refractivity contribution in [2.24, 2.45) is 12.0 Å². The number of halogens is 5. The number of hydrogen-bond acceptors (Lipinski definition) is 2. The van der Waals surface area contributed by atoms with Gasteiger partial charge in [-0.3, -0.25) is 0 Å². The summed E-state index contributed by atoms with van der Waals surface area (Å²) in [5, 5.41) is 2.67. The van der Waals surface area contributed by atoms with Crippen LogP contribution in [-0.2, 0) is 7.05 Å². The number of aromatic nitrogens is 1.